The van der Waals surface area contributed by atoms with Gasteiger partial charge in [0, 0.05) is 29.5 Å². The first-order valence-electron chi connectivity index (χ1n) is 10.7. The number of rotatable bonds is 6. The molecule has 0 fully saturated rings. The number of pyridine rings is 2. The second-order valence-corrected chi connectivity index (χ2v) is 8.66. The first-order valence-corrected chi connectivity index (χ1v) is 11.6. The lowest BCUT2D eigenvalue weighted by molar-refractivity contribution is 0.252. The smallest absolute Gasteiger partial charge is 0.319 e. The maximum Gasteiger partial charge on any atom is 0.319 e. The molecule has 0 aliphatic heterocycles. The van der Waals surface area contributed by atoms with Crippen LogP contribution in [0.15, 0.2) is 66.3 Å². The number of fused-ring (bicyclic) bond motifs is 1. The number of aryl methyl sites for hydroxylation is 1. The summed E-state index contributed by atoms with van der Waals surface area (Å²) in [6, 6.07) is 15.0. The molecule has 5 rings (SSSR count). The highest BCUT2D eigenvalue weighted by Crippen LogP contribution is 2.32. The first kappa shape index (κ1) is 21.5. The Bertz CT molecular complexity index is 1460. The highest BCUT2D eigenvalue weighted by atomic mass is 32.1. The molecular weight excluding hydrogens is 448 g/mol. The zero-order chi connectivity index (χ0) is 23.5. The monoisotopic (exact) mass is 470 g/mol. The molecule has 9 nitrogen and oxygen atoms in total. The van der Waals surface area contributed by atoms with Gasteiger partial charge in [-0.3, -0.25) is 9.38 Å². The maximum atomic E-state index is 12.4. The molecule has 10 heteroatoms. The lowest BCUT2D eigenvalue weighted by Crippen LogP contribution is -2.30. The third-order valence-electron chi connectivity index (χ3n) is 5.16. The molecule has 0 spiro atoms. The fourth-order valence-corrected chi connectivity index (χ4v) is 4.36. The Hall–Kier alpha value is -4.31. The summed E-state index contributed by atoms with van der Waals surface area (Å²) in [5, 5.41) is 7.81. The van der Waals surface area contributed by atoms with Gasteiger partial charge in [-0.05, 0) is 55.1 Å². The molecule has 0 atom stereocenters. The van der Waals surface area contributed by atoms with Crippen molar-refractivity contribution < 1.29 is 4.79 Å². The SMILES string of the molecule is Cc1cccc(-c2nc3ccc(NC(=O)NCCc4cccs4)cn3c2-c2ccnc(N)n2)n1. The summed E-state index contributed by atoms with van der Waals surface area (Å²) < 4.78 is 1.88. The molecule has 5 aromatic heterocycles. The number of imidazole rings is 1. The fourth-order valence-electron chi connectivity index (χ4n) is 3.65. The van der Waals surface area contributed by atoms with Crippen molar-refractivity contribution in [3.63, 3.8) is 0 Å². The molecule has 170 valence electrons. The van der Waals surface area contributed by atoms with E-state index in [2.05, 4.69) is 31.7 Å². The van der Waals surface area contributed by atoms with E-state index in [0.29, 0.717) is 35.0 Å². The van der Waals surface area contributed by atoms with E-state index in [1.54, 1.807) is 23.6 Å². The molecule has 2 amide bonds. The van der Waals surface area contributed by atoms with Gasteiger partial charge in [0.05, 0.1) is 17.1 Å². The third-order valence-corrected chi connectivity index (χ3v) is 6.10. The average Bonchev–Trinajstić information content (AvgIpc) is 3.47. The molecule has 5 heterocycles. The van der Waals surface area contributed by atoms with E-state index >= 15 is 0 Å². The minimum Gasteiger partial charge on any atom is -0.368 e. The van der Waals surface area contributed by atoms with Crippen molar-refractivity contribution in [2.24, 2.45) is 0 Å². The minimum absolute atomic E-state index is 0.162. The summed E-state index contributed by atoms with van der Waals surface area (Å²) in [7, 11) is 0. The maximum absolute atomic E-state index is 12.4. The quantitative estimate of drug-likeness (QED) is 0.342. The van der Waals surface area contributed by atoms with Gasteiger partial charge >= 0.3 is 6.03 Å². The molecule has 0 unspecified atom stereocenters. The lowest BCUT2D eigenvalue weighted by Gasteiger charge is -2.09. The van der Waals surface area contributed by atoms with Gasteiger partial charge in [-0.25, -0.2) is 19.7 Å². The van der Waals surface area contributed by atoms with Gasteiger partial charge in [-0.1, -0.05) is 12.1 Å². The Kier molecular flexibility index (Phi) is 5.88. The average molecular weight is 471 g/mol. The number of thiophene rings is 1. The Labute approximate surface area is 199 Å². The van der Waals surface area contributed by atoms with Crippen molar-refractivity contribution in [3.05, 3.63) is 76.9 Å². The van der Waals surface area contributed by atoms with Crippen LogP contribution in [0.3, 0.4) is 0 Å². The second-order valence-electron chi connectivity index (χ2n) is 7.63. The molecule has 0 bridgehead atoms. The van der Waals surface area contributed by atoms with Gasteiger partial charge < -0.3 is 16.4 Å². The molecule has 0 aliphatic carbocycles. The van der Waals surface area contributed by atoms with Crippen LogP contribution in [-0.4, -0.2) is 36.9 Å². The summed E-state index contributed by atoms with van der Waals surface area (Å²) in [5.74, 6) is 0.162. The molecule has 0 radical (unpaired) electrons. The third kappa shape index (κ3) is 4.57. The number of hydrogen-bond acceptors (Lipinski definition) is 7. The normalized spacial score (nSPS) is 11.0. The second kappa shape index (κ2) is 9.28. The van der Waals surface area contributed by atoms with Gasteiger partial charge in [0.15, 0.2) is 0 Å². The predicted molar refractivity (Wildman–Crippen MR) is 134 cm³/mol. The van der Waals surface area contributed by atoms with E-state index in [-0.39, 0.29) is 12.0 Å². The summed E-state index contributed by atoms with van der Waals surface area (Å²) in [6.45, 7) is 2.48. The van der Waals surface area contributed by atoms with E-state index in [0.717, 1.165) is 17.8 Å². The molecular formula is C24H22N8OS. The van der Waals surface area contributed by atoms with Crippen LogP contribution in [0.2, 0.25) is 0 Å². The highest BCUT2D eigenvalue weighted by molar-refractivity contribution is 7.09. The van der Waals surface area contributed by atoms with Crippen molar-refractivity contribution in [3.8, 4) is 22.8 Å². The number of nitrogens with one attached hydrogen (secondary N) is 2. The van der Waals surface area contributed by atoms with E-state index < -0.39 is 0 Å². The van der Waals surface area contributed by atoms with Gasteiger partial charge in [-0.2, -0.15) is 0 Å². The largest absolute Gasteiger partial charge is 0.368 e. The van der Waals surface area contributed by atoms with E-state index in [1.165, 1.54) is 4.88 Å². The van der Waals surface area contributed by atoms with Crippen LogP contribution in [0, 0.1) is 6.92 Å². The number of carbonyl (C=O) groups excluding carboxylic acids is 1. The van der Waals surface area contributed by atoms with Crippen LogP contribution in [0.1, 0.15) is 10.6 Å². The number of nitrogens with two attached hydrogens (primary N) is 1. The summed E-state index contributed by atoms with van der Waals surface area (Å²) >= 11 is 1.68. The van der Waals surface area contributed by atoms with E-state index in [9.17, 15) is 4.79 Å². The number of anilines is 2. The number of urea groups is 1. The topological polar surface area (TPSA) is 123 Å². The van der Waals surface area contributed by atoms with Crippen LogP contribution in [0.25, 0.3) is 28.4 Å². The zero-order valence-electron chi connectivity index (χ0n) is 18.4. The van der Waals surface area contributed by atoms with Crippen molar-refractivity contribution >= 4 is 34.7 Å². The zero-order valence-corrected chi connectivity index (χ0v) is 19.2. The molecule has 4 N–H and O–H groups in total. The number of aromatic nitrogens is 5. The van der Waals surface area contributed by atoms with Crippen molar-refractivity contribution in [1.29, 1.82) is 0 Å². The summed E-state index contributed by atoms with van der Waals surface area (Å²) in [4.78, 5) is 31.5. The fraction of sp³-hybridized carbons (Fsp3) is 0.125. The van der Waals surface area contributed by atoms with Crippen LogP contribution < -0.4 is 16.4 Å². The van der Waals surface area contributed by atoms with Crippen LogP contribution in [-0.2, 0) is 6.42 Å². The number of nitrogen functional groups attached to an aromatic ring is 1. The van der Waals surface area contributed by atoms with E-state index in [1.807, 2.05) is 59.3 Å². The molecule has 0 saturated carbocycles. The Balaban J connectivity index is 1.48. The molecule has 5 aromatic rings. The molecule has 0 aliphatic rings. The number of nitrogens with zero attached hydrogens (tertiary/aromatic N) is 5. The first-order chi connectivity index (χ1) is 16.6. The van der Waals surface area contributed by atoms with Crippen molar-refractivity contribution in [1.82, 2.24) is 29.7 Å². The van der Waals surface area contributed by atoms with E-state index in [4.69, 9.17) is 10.7 Å². The van der Waals surface area contributed by atoms with Gasteiger partial charge in [-0.15, -0.1) is 11.3 Å². The Morgan fingerprint density at radius 1 is 1.06 bits per heavy atom. The van der Waals surface area contributed by atoms with Gasteiger partial charge in [0.2, 0.25) is 5.95 Å². The standard InChI is InChI=1S/C24H22N8OS/c1-15-4-2-6-18(28-15)21-22(19-10-12-26-23(25)30-19)32-14-16(7-8-20(32)31-21)29-24(33)27-11-9-17-5-3-13-34-17/h2-8,10,12-14H,9,11H2,1H3,(H2,25,26,30)(H2,27,29,33). The number of hydrogen-bond donors (Lipinski definition) is 3. The number of carbonyl (C=O) groups is 1. The van der Waals surface area contributed by atoms with Crippen LogP contribution in [0.4, 0.5) is 16.4 Å². The Morgan fingerprint density at radius 2 is 1.97 bits per heavy atom. The minimum atomic E-state index is -0.274. The van der Waals surface area contributed by atoms with Crippen molar-refractivity contribution in [2.75, 3.05) is 17.6 Å². The Morgan fingerprint density at radius 3 is 2.76 bits per heavy atom. The van der Waals surface area contributed by atoms with Gasteiger partial charge in [0.25, 0.3) is 0 Å². The molecule has 0 aromatic carbocycles. The molecule has 34 heavy (non-hydrogen) atoms. The van der Waals surface area contributed by atoms with Crippen LogP contribution >= 0.6 is 11.3 Å². The summed E-state index contributed by atoms with van der Waals surface area (Å²) in [6.07, 6.45) is 4.21. The summed E-state index contributed by atoms with van der Waals surface area (Å²) in [5.41, 5.74) is 10.8. The number of amides is 2. The van der Waals surface area contributed by atoms with Gasteiger partial charge in [0.1, 0.15) is 17.0 Å². The van der Waals surface area contributed by atoms with Crippen LogP contribution in [0.5, 0.6) is 0 Å². The highest BCUT2D eigenvalue weighted by Gasteiger charge is 2.19. The molecule has 0 saturated heterocycles. The predicted octanol–water partition coefficient (Wildman–Crippen LogP) is 4.17. The lowest BCUT2D eigenvalue weighted by atomic mass is 10.1. The van der Waals surface area contributed by atoms with Crippen molar-refractivity contribution in [2.45, 2.75) is 13.3 Å².